The molecule has 1 aliphatic carbocycles. The lowest BCUT2D eigenvalue weighted by atomic mass is 9.83. The molecule has 4 heteroatoms. The summed E-state index contributed by atoms with van der Waals surface area (Å²) in [5, 5.41) is 0. The number of rotatable bonds is 4. The van der Waals surface area contributed by atoms with Crippen LogP contribution in [0.2, 0.25) is 0 Å². The highest BCUT2D eigenvalue weighted by Crippen LogP contribution is 2.41. The molecule has 0 aliphatic heterocycles. The molecule has 0 aromatic rings. The first-order chi connectivity index (χ1) is 6.25. The molecule has 1 rings (SSSR count). The molecule has 0 bridgehead atoms. The predicted octanol–water partition coefficient (Wildman–Crippen LogP) is 1.88. The molecule has 0 radical (unpaired) electrons. The zero-order valence-corrected chi connectivity index (χ0v) is 9.57. The number of hydrogen-bond acceptors (Lipinski definition) is 3. The molecule has 0 amide bonds. The summed E-state index contributed by atoms with van der Waals surface area (Å²) < 4.78 is 5.09. The molecule has 1 saturated carbocycles. The van der Waals surface area contributed by atoms with Crippen LogP contribution in [0.4, 0.5) is 0 Å². The van der Waals surface area contributed by atoms with Crippen molar-refractivity contribution in [3.8, 4) is 0 Å². The van der Waals surface area contributed by atoms with Crippen molar-refractivity contribution >= 4 is 18.4 Å². The van der Waals surface area contributed by atoms with Crippen molar-refractivity contribution in [2.24, 2.45) is 11.1 Å². The zero-order valence-electron chi connectivity index (χ0n) is 8.75. The first-order valence-electron chi connectivity index (χ1n) is 5.12. The van der Waals surface area contributed by atoms with Gasteiger partial charge in [-0.2, -0.15) is 0 Å². The lowest BCUT2D eigenvalue weighted by molar-refractivity contribution is -0.155. The SMILES string of the molecule is CCOC(=O)C1(CCN)CCCC1.Cl. The molecule has 2 N–H and O–H groups in total. The fraction of sp³-hybridized carbons (Fsp3) is 0.900. The Morgan fingerprint density at radius 1 is 1.43 bits per heavy atom. The van der Waals surface area contributed by atoms with Crippen molar-refractivity contribution < 1.29 is 9.53 Å². The lowest BCUT2D eigenvalue weighted by Crippen LogP contribution is -2.32. The van der Waals surface area contributed by atoms with Gasteiger partial charge in [0.15, 0.2) is 0 Å². The topological polar surface area (TPSA) is 52.3 Å². The number of carbonyl (C=O) groups excluding carboxylic acids is 1. The third-order valence-electron chi connectivity index (χ3n) is 2.89. The van der Waals surface area contributed by atoms with Gasteiger partial charge in [0.05, 0.1) is 12.0 Å². The van der Waals surface area contributed by atoms with Crippen LogP contribution in [-0.2, 0) is 9.53 Å². The molecular formula is C10H20ClNO2. The van der Waals surface area contributed by atoms with Crippen LogP contribution in [0.15, 0.2) is 0 Å². The molecule has 0 atom stereocenters. The van der Waals surface area contributed by atoms with Crippen LogP contribution >= 0.6 is 12.4 Å². The number of hydrogen-bond donors (Lipinski definition) is 1. The van der Waals surface area contributed by atoms with Gasteiger partial charge in [-0.3, -0.25) is 4.79 Å². The molecule has 14 heavy (non-hydrogen) atoms. The molecule has 0 aromatic carbocycles. The van der Waals surface area contributed by atoms with Crippen molar-refractivity contribution in [1.29, 1.82) is 0 Å². The highest BCUT2D eigenvalue weighted by atomic mass is 35.5. The summed E-state index contributed by atoms with van der Waals surface area (Å²) in [6.45, 7) is 2.91. The van der Waals surface area contributed by atoms with Crippen molar-refractivity contribution in [2.45, 2.75) is 39.0 Å². The first kappa shape index (κ1) is 13.7. The number of esters is 1. The Bertz CT molecular complexity index is 179. The van der Waals surface area contributed by atoms with E-state index in [0.29, 0.717) is 13.2 Å². The summed E-state index contributed by atoms with van der Waals surface area (Å²) in [6, 6.07) is 0. The van der Waals surface area contributed by atoms with Gasteiger partial charge >= 0.3 is 5.97 Å². The normalized spacial score (nSPS) is 18.7. The van der Waals surface area contributed by atoms with E-state index in [1.807, 2.05) is 6.92 Å². The fourth-order valence-electron chi connectivity index (χ4n) is 2.17. The molecular weight excluding hydrogens is 202 g/mol. The van der Waals surface area contributed by atoms with Crippen molar-refractivity contribution in [1.82, 2.24) is 0 Å². The van der Waals surface area contributed by atoms with E-state index in [-0.39, 0.29) is 23.8 Å². The maximum atomic E-state index is 11.7. The van der Waals surface area contributed by atoms with E-state index in [1.54, 1.807) is 0 Å². The largest absolute Gasteiger partial charge is 0.466 e. The highest BCUT2D eigenvalue weighted by molar-refractivity contribution is 5.85. The van der Waals surface area contributed by atoms with Gasteiger partial charge in [0.2, 0.25) is 0 Å². The van der Waals surface area contributed by atoms with E-state index in [4.69, 9.17) is 10.5 Å². The highest BCUT2D eigenvalue weighted by Gasteiger charge is 2.41. The van der Waals surface area contributed by atoms with E-state index >= 15 is 0 Å². The van der Waals surface area contributed by atoms with Crippen LogP contribution in [0, 0.1) is 5.41 Å². The van der Waals surface area contributed by atoms with E-state index in [2.05, 4.69) is 0 Å². The van der Waals surface area contributed by atoms with E-state index in [0.717, 1.165) is 32.1 Å². The maximum absolute atomic E-state index is 11.7. The number of halogens is 1. The fourth-order valence-corrected chi connectivity index (χ4v) is 2.17. The van der Waals surface area contributed by atoms with Gasteiger partial charge in [-0.1, -0.05) is 12.8 Å². The van der Waals surface area contributed by atoms with Crippen LogP contribution in [0.5, 0.6) is 0 Å². The Balaban J connectivity index is 0.00000169. The average molecular weight is 222 g/mol. The second-order valence-corrected chi connectivity index (χ2v) is 3.75. The Labute approximate surface area is 91.8 Å². The Hall–Kier alpha value is -0.280. The minimum absolute atomic E-state index is 0. The summed E-state index contributed by atoms with van der Waals surface area (Å²) in [5.74, 6) is -0.0297. The first-order valence-corrected chi connectivity index (χ1v) is 5.12. The van der Waals surface area contributed by atoms with E-state index in [1.165, 1.54) is 0 Å². The van der Waals surface area contributed by atoms with Crippen molar-refractivity contribution in [2.75, 3.05) is 13.2 Å². The van der Waals surface area contributed by atoms with Gasteiger partial charge in [-0.05, 0) is 32.7 Å². The number of nitrogens with two attached hydrogens (primary N) is 1. The van der Waals surface area contributed by atoms with Crippen LogP contribution in [0.1, 0.15) is 39.0 Å². The number of ether oxygens (including phenoxy) is 1. The van der Waals surface area contributed by atoms with Crippen LogP contribution in [0.3, 0.4) is 0 Å². The average Bonchev–Trinajstić information content (AvgIpc) is 2.55. The minimum Gasteiger partial charge on any atom is -0.466 e. The quantitative estimate of drug-likeness (QED) is 0.738. The summed E-state index contributed by atoms with van der Waals surface area (Å²) in [7, 11) is 0. The third kappa shape index (κ3) is 2.85. The molecule has 0 spiro atoms. The molecule has 1 aliphatic rings. The second kappa shape index (κ2) is 6.25. The molecule has 3 nitrogen and oxygen atoms in total. The summed E-state index contributed by atoms with van der Waals surface area (Å²) in [6.07, 6.45) is 4.98. The molecule has 0 saturated heterocycles. The van der Waals surface area contributed by atoms with Crippen molar-refractivity contribution in [3.63, 3.8) is 0 Å². The monoisotopic (exact) mass is 221 g/mol. The Morgan fingerprint density at radius 3 is 2.43 bits per heavy atom. The molecule has 84 valence electrons. The second-order valence-electron chi connectivity index (χ2n) is 3.75. The minimum atomic E-state index is -0.231. The molecule has 0 heterocycles. The zero-order chi connectivity index (χ0) is 9.73. The van der Waals surface area contributed by atoms with Gasteiger partial charge in [-0.25, -0.2) is 0 Å². The lowest BCUT2D eigenvalue weighted by Gasteiger charge is -2.25. The predicted molar refractivity (Wildman–Crippen MR) is 58.5 cm³/mol. The third-order valence-corrected chi connectivity index (χ3v) is 2.89. The van der Waals surface area contributed by atoms with Crippen LogP contribution in [0.25, 0.3) is 0 Å². The van der Waals surface area contributed by atoms with Gasteiger partial charge in [0.25, 0.3) is 0 Å². The Kier molecular flexibility index (Phi) is 6.12. The van der Waals surface area contributed by atoms with Crippen LogP contribution < -0.4 is 5.73 Å². The smallest absolute Gasteiger partial charge is 0.312 e. The van der Waals surface area contributed by atoms with Gasteiger partial charge < -0.3 is 10.5 Å². The molecule has 0 aromatic heterocycles. The van der Waals surface area contributed by atoms with Crippen LogP contribution in [-0.4, -0.2) is 19.1 Å². The van der Waals surface area contributed by atoms with E-state index in [9.17, 15) is 4.79 Å². The van der Waals surface area contributed by atoms with E-state index < -0.39 is 0 Å². The van der Waals surface area contributed by atoms with Crippen molar-refractivity contribution in [3.05, 3.63) is 0 Å². The van der Waals surface area contributed by atoms with Gasteiger partial charge in [0.1, 0.15) is 0 Å². The Morgan fingerprint density at radius 2 is 2.00 bits per heavy atom. The standard InChI is InChI=1S/C10H19NO2.ClH/c1-2-13-9(12)10(7-8-11)5-3-4-6-10;/h2-8,11H2,1H3;1H. The summed E-state index contributed by atoms with van der Waals surface area (Å²) in [4.78, 5) is 11.7. The number of carbonyl (C=O) groups is 1. The van der Waals surface area contributed by atoms with Gasteiger partial charge in [-0.15, -0.1) is 12.4 Å². The summed E-state index contributed by atoms with van der Waals surface area (Å²) in [5.41, 5.74) is 5.29. The maximum Gasteiger partial charge on any atom is 0.312 e. The van der Waals surface area contributed by atoms with Gasteiger partial charge in [0, 0.05) is 0 Å². The molecule has 1 fully saturated rings. The summed E-state index contributed by atoms with van der Waals surface area (Å²) >= 11 is 0. The molecule has 0 unspecified atom stereocenters.